The summed E-state index contributed by atoms with van der Waals surface area (Å²) in [7, 11) is -3.85. The highest BCUT2D eigenvalue weighted by Gasteiger charge is 2.24. The maximum Gasteiger partial charge on any atom is 0.323 e. The van der Waals surface area contributed by atoms with Crippen LogP contribution in [0.4, 0.5) is 0 Å². The van der Waals surface area contributed by atoms with Gasteiger partial charge in [-0.25, -0.2) is 18.1 Å². The van der Waals surface area contributed by atoms with Crippen LogP contribution >= 0.6 is 23.2 Å². The summed E-state index contributed by atoms with van der Waals surface area (Å²) in [6.45, 7) is 5.94. The molecule has 0 aliphatic heterocycles. The third-order valence-electron chi connectivity index (χ3n) is 4.07. The number of aromatic nitrogens is 4. The van der Waals surface area contributed by atoms with E-state index in [9.17, 15) is 8.42 Å². The van der Waals surface area contributed by atoms with E-state index in [0.29, 0.717) is 18.2 Å². The summed E-state index contributed by atoms with van der Waals surface area (Å²) in [5, 5.41) is 8.57. The molecule has 0 radical (unpaired) electrons. The van der Waals surface area contributed by atoms with Gasteiger partial charge in [0.15, 0.2) is 5.82 Å². The van der Waals surface area contributed by atoms with Crippen molar-refractivity contribution in [3.05, 3.63) is 58.0 Å². The van der Waals surface area contributed by atoms with E-state index in [1.165, 1.54) is 18.2 Å². The Labute approximate surface area is 178 Å². The van der Waals surface area contributed by atoms with Gasteiger partial charge in [0.25, 0.3) is 0 Å². The Balaban J connectivity index is 1.84. The van der Waals surface area contributed by atoms with Gasteiger partial charge in [-0.2, -0.15) is 0 Å². The predicted molar refractivity (Wildman–Crippen MR) is 110 cm³/mol. The van der Waals surface area contributed by atoms with Crippen LogP contribution in [0.2, 0.25) is 10.0 Å². The average Bonchev–Trinajstić information content (AvgIpc) is 3.06. The number of nitrogens with zero attached hydrogens (tertiary/aromatic N) is 4. The van der Waals surface area contributed by atoms with Gasteiger partial charge in [0, 0.05) is 18.8 Å². The first-order chi connectivity index (χ1) is 13.7. The van der Waals surface area contributed by atoms with Crippen LogP contribution in [0.3, 0.4) is 0 Å². The van der Waals surface area contributed by atoms with Crippen molar-refractivity contribution < 1.29 is 13.2 Å². The van der Waals surface area contributed by atoms with E-state index >= 15 is 0 Å². The first-order valence-corrected chi connectivity index (χ1v) is 11.0. The molecular formula is C18H19Cl2N5O3S. The van der Waals surface area contributed by atoms with Crippen LogP contribution in [0, 0.1) is 6.92 Å². The molecule has 0 saturated heterocycles. The smallest absolute Gasteiger partial charge is 0.323 e. The molecule has 8 nitrogen and oxygen atoms in total. The van der Waals surface area contributed by atoms with Gasteiger partial charge in [0.05, 0.1) is 21.0 Å². The maximum atomic E-state index is 12.7. The zero-order chi connectivity index (χ0) is 21.2. The Kier molecular flexibility index (Phi) is 6.42. The zero-order valence-electron chi connectivity index (χ0n) is 15.9. The minimum atomic E-state index is -3.85. The summed E-state index contributed by atoms with van der Waals surface area (Å²) in [4.78, 5) is 4.14. The van der Waals surface area contributed by atoms with Crippen molar-refractivity contribution in [1.29, 1.82) is 0 Å². The molecule has 1 atom stereocenters. The molecule has 0 unspecified atom stereocenters. The number of nitrogens with one attached hydrogen (secondary N) is 1. The molecule has 1 aromatic carbocycles. The van der Waals surface area contributed by atoms with E-state index in [1.807, 2.05) is 19.9 Å². The van der Waals surface area contributed by atoms with E-state index in [-0.39, 0.29) is 21.0 Å². The zero-order valence-corrected chi connectivity index (χ0v) is 18.3. The number of pyridine rings is 1. The van der Waals surface area contributed by atoms with E-state index in [1.54, 1.807) is 23.8 Å². The number of benzene rings is 1. The monoisotopic (exact) mass is 455 g/mol. The minimum Gasteiger partial charge on any atom is -0.405 e. The lowest BCUT2D eigenvalue weighted by Gasteiger charge is -2.15. The maximum absolute atomic E-state index is 12.7. The van der Waals surface area contributed by atoms with E-state index in [4.69, 9.17) is 27.9 Å². The molecule has 0 bridgehead atoms. The third-order valence-corrected chi connectivity index (χ3v) is 6.35. The third kappa shape index (κ3) is 4.87. The fourth-order valence-electron chi connectivity index (χ4n) is 2.65. The van der Waals surface area contributed by atoms with Gasteiger partial charge in [-0.15, -0.1) is 5.10 Å². The number of rotatable bonds is 7. The van der Waals surface area contributed by atoms with Gasteiger partial charge < -0.3 is 4.74 Å². The molecule has 2 heterocycles. The summed E-state index contributed by atoms with van der Waals surface area (Å²) < 4.78 is 35.4. The second kappa shape index (κ2) is 8.66. The van der Waals surface area contributed by atoms with Crippen LogP contribution in [-0.2, 0) is 16.6 Å². The second-order valence-electron chi connectivity index (χ2n) is 6.28. The van der Waals surface area contributed by atoms with E-state index < -0.39 is 16.1 Å². The highest BCUT2D eigenvalue weighted by molar-refractivity contribution is 7.89. The number of hydrogen-bond acceptors (Lipinski definition) is 6. The molecule has 1 N–H and O–H groups in total. The highest BCUT2D eigenvalue weighted by Crippen LogP contribution is 2.26. The van der Waals surface area contributed by atoms with Gasteiger partial charge in [0.2, 0.25) is 15.9 Å². The molecule has 0 spiro atoms. The Morgan fingerprint density at radius 1 is 1.17 bits per heavy atom. The average molecular weight is 456 g/mol. The molecule has 3 aromatic rings. The van der Waals surface area contributed by atoms with Crippen LogP contribution in [0.5, 0.6) is 11.9 Å². The largest absolute Gasteiger partial charge is 0.405 e. The van der Waals surface area contributed by atoms with E-state index in [2.05, 4.69) is 19.9 Å². The van der Waals surface area contributed by atoms with Gasteiger partial charge in [-0.1, -0.05) is 28.3 Å². The van der Waals surface area contributed by atoms with Gasteiger partial charge in [0.1, 0.15) is 0 Å². The molecule has 29 heavy (non-hydrogen) atoms. The van der Waals surface area contributed by atoms with Gasteiger partial charge >= 0.3 is 6.01 Å². The predicted octanol–water partition coefficient (Wildman–Crippen LogP) is 4.14. The van der Waals surface area contributed by atoms with Crippen molar-refractivity contribution in [2.24, 2.45) is 0 Å². The molecule has 0 amide bonds. The van der Waals surface area contributed by atoms with Crippen LogP contribution in [0.25, 0.3) is 0 Å². The number of ether oxygens (including phenoxy) is 1. The molecule has 2 aromatic heterocycles. The molecule has 11 heteroatoms. The summed E-state index contributed by atoms with van der Waals surface area (Å²) in [6.07, 6.45) is 1.63. The molecule has 3 rings (SSSR count). The van der Waals surface area contributed by atoms with E-state index in [0.717, 1.165) is 5.56 Å². The number of sulfonamides is 1. The molecular weight excluding hydrogens is 437 g/mol. The lowest BCUT2D eigenvalue weighted by Crippen LogP contribution is -2.29. The van der Waals surface area contributed by atoms with Gasteiger partial charge in [-0.05, 0) is 50.6 Å². The molecule has 0 fully saturated rings. The second-order valence-corrected chi connectivity index (χ2v) is 8.81. The SMILES string of the molecule is CCn1c(Oc2cc(C)ccn2)nnc1[C@@H](C)NS(=O)(=O)c1ccc(Cl)c(Cl)c1. The lowest BCUT2D eigenvalue weighted by atomic mass is 10.3. The Morgan fingerprint density at radius 2 is 1.93 bits per heavy atom. The summed E-state index contributed by atoms with van der Waals surface area (Å²) >= 11 is 11.8. The van der Waals surface area contributed by atoms with Gasteiger partial charge in [-0.3, -0.25) is 4.57 Å². The summed E-state index contributed by atoms with van der Waals surface area (Å²) in [6, 6.07) is 7.27. The van der Waals surface area contributed by atoms with Crippen molar-refractivity contribution in [2.75, 3.05) is 0 Å². The number of aryl methyl sites for hydroxylation is 1. The van der Waals surface area contributed by atoms with Crippen LogP contribution in [-0.4, -0.2) is 28.2 Å². The summed E-state index contributed by atoms with van der Waals surface area (Å²) in [5.41, 5.74) is 0.987. The Bertz CT molecular complexity index is 1130. The molecule has 0 aliphatic carbocycles. The Morgan fingerprint density at radius 3 is 2.59 bits per heavy atom. The fraction of sp³-hybridized carbons (Fsp3) is 0.278. The van der Waals surface area contributed by atoms with Crippen molar-refractivity contribution in [3.8, 4) is 11.9 Å². The number of halogens is 2. The van der Waals surface area contributed by atoms with Crippen LogP contribution < -0.4 is 9.46 Å². The van der Waals surface area contributed by atoms with Crippen molar-refractivity contribution >= 4 is 33.2 Å². The Hall–Kier alpha value is -2.20. The van der Waals surface area contributed by atoms with Crippen molar-refractivity contribution in [3.63, 3.8) is 0 Å². The minimum absolute atomic E-state index is 0.00162. The van der Waals surface area contributed by atoms with Crippen molar-refractivity contribution in [1.82, 2.24) is 24.5 Å². The lowest BCUT2D eigenvalue weighted by molar-refractivity contribution is 0.394. The van der Waals surface area contributed by atoms with Crippen LogP contribution in [0.15, 0.2) is 41.4 Å². The highest BCUT2D eigenvalue weighted by atomic mass is 35.5. The molecule has 0 aliphatic rings. The number of hydrogen-bond donors (Lipinski definition) is 1. The first-order valence-electron chi connectivity index (χ1n) is 8.72. The fourth-order valence-corrected chi connectivity index (χ4v) is 4.24. The molecule has 154 valence electrons. The quantitative estimate of drug-likeness (QED) is 0.574. The first kappa shape index (κ1) is 21.5. The topological polar surface area (TPSA) is 99.0 Å². The normalized spacial score (nSPS) is 12.7. The molecule has 0 saturated carbocycles. The van der Waals surface area contributed by atoms with Crippen molar-refractivity contribution in [2.45, 2.75) is 38.3 Å². The van der Waals surface area contributed by atoms with Crippen LogP contribution in [0.1, 0.15) is 31.3 Å². The standard InChI is InChI=1S/C18H19Cl2N5O3S/c1-4-25-17(22-23-18(25)28-16-9-11(2)7-8-21-16)12(3)24-29(26,27)13-5-6-14(19)15(20)10-13/h5-10,12,24H,4H2,1-3H3/t12-/m1/s1. The summed E-state index contributed by atoms with van der Waals surface area (Å²) in [5.74, 6) is 0.779.